The van der Waals surface area contributed by atoms with Crippen LogP contribution in [0, 0.1) is 5.82 Å². The smallest absolute Gasteiger partial charge is 0.254 e. The van der Waals surface area contributed by atoms with Gasteiger partial charge in [-0.15, -0.1) is 0 Å². The zero-order valence-corrected chi connectivity index (χ0v) is 10.5. The summed E-state index contributed by atoms with van der Waals surface area (Å²) in [7, 11) is 0. The van der Waals surface area contributed by atoms with Crippen LogP contribution in [0.4, 0.5) is 4.39 Å². The van der Waals surface area contributed by atoms with Gasteiger partial charge < -0.3 is 9.84 Å². The molecule has 19 heavy (non-hydrogen) atoms. The van der Waals surface area contributed by atoms with E-state index in [2.05, 4.69) is 15.5 Å². The van der Waals surface area contributed by atoms with Gasteiger partial charge in [-0.25, -0.2) is 4.39 Å². The SMILES string of the molecule is CCCc1nc(CNC(=O)c2ccccc2F)no1. The van der Waals surface area contributed by atoms with Gasteiger partial charge in [-0.2, -0.15) is 4.98 Å². The Hall–Kier alpha value is -2.24. The standard InChI is InChI=1S/C13H14FN3O2/c1-2-5-12-16-11(17-19-12)8-15-13(18)9-6-3-4-7-10(9)14/h3-4,6-7H,2,5,8H2,1H3,(H,15,18). The molecule has 0 saturated heterocycles. The van der Waals surface area contributed by atoms with E-state index in [4.69, 9.17) is 4.52 Å². The average molecular weight is 263 g/mol. The van der Waals surface area contributed by atoms with Crippen LogP contribution in [-0.4, -0.2) is 16.0 Å². The molecule has 0 bridgehead atoms. The van der Waals surface area contributed by atoms with Crippen LogP contribution in [0.5, 0.6) is 0 Å². The summed E-state index contributed by atoms with van der Waals surface area (Å²) in [6.07, 6.45) is 1.61. The minimum absolute atomic E-state index is 0.000207. The van der Waals surface area contributed by atoms with Crippen LogP contribution < -0.4 is 5.32 Å². The maximum Gasteiger partial charge on any atom is 0.254 e. The number of aromatic nitrogens is 2. The van der Waals surface area contributed by atoms with Crippen LogP contribution in [-0.2, 0) is 13.0 Å². The van der Waals surface area contributed by atoms with Crippen molar-refractivity contribution in [2.75, 3.05) is 0 Å². The Labute approximate surface area is 109 Å². The van der Waals surface area contributed by atoms with Crippen molar-refractivity contribution in [3.05, 3.63) is 47.4 Å². The largest absolute Gasteiger partial charge is 0.345 e. The first kappa shape index (κ1) is 13.2. The number of carbonyl (C=O) groups excluding carboxylic acids is 1. The summed E-state index contributed by atoms with van der Waals surface area (Å²) in [6.45, 7) is 2.12. The molecule has 1 aromatic heterocycles. The Bertz CT molecular complexity index is 569. The molecular weight excluding hydrogens is 249 g/mol. The molecular formula is C13H14FN3O2. The molecule has 0 spiro atoms. The maximum absolute atomic E-state index is 13.4. The van der Waals surface area contributed by atoms with Crippen molar-refractivity contribution >= 4 is 5.91 Å². The monoisotopic (exact) mass is 263 g/mol. The number of hydrogen-bond donors (Lipinski definition) is 1. The molecule has 0 atom stereocenters. The molecule has 100 valence electrons. The molecule has 0 aliphatic carbocycles. The van der Waals surface area contributed by atoms with E-state index in [0.717, 1.165) is 6.42 Å². The van der Waals surface area contributed by atoms with E-state index in [9.17, 15) is 9.18 Å². The molecule has 0 saturated carbocycles. The second-order valence-corrected chi connectivity index (χ2v) is 4.02. The summed E-state index contributed by atoms with van der Waals surface area (Å²) in [6, 6.07) is 5.79. The molecule has 2 rings (SSSR count). The fraction of sp³-hybridized carbons (Fsp3) is 0.308. The fourth-order valence-electron chi connectivity index (χ4n) is 1.58. The van der Waals surface area contributed by atoms with E-state index in [0.29, 0.717) is 18.1 Å². The normalized spacial score (nSPS) is 10.4. The summed E-state index contributed by atoms with van der Waals surface area (Å²) < 4.78 is 18.3. The van der Waals surface area contributed by atoms with Gasteiger partial charge in [0, 0.05) is 6.42 Å². The lowest BCUT2D eigenvalue weighted by Gasteiger charge is -2.03. The highest BCUT2D eigenvalue weighted by molar-refractivity contribution is 5.94. The first-order valence-electron chi connectivity index (χ1n) is 6.05. The molecule has 2 aromatic rings. The van der Waals surface area contributed by atoms with Gasteiger partial charge in [-0.3, -0.25) is 4.79 Å². The summed E-state index contributed by atoms with van der Waals surface area (Å²) >= 11 is 0. The number of aryl methyl sites for hydroxylation is 1. The van der Waals surface area contributed by atoms with Crippen molar-refractivity contribution in [3.63, 3.8) is 0 Å². The van der Waals surface area contributed by atoms with Crippen LogP contribution in [0.2, 0.25) is 0 Å². The minimum Gasteiger partial charge on any atom is -0.345 e. The molecule has 6 heteroatoms. The topological polar surface area (TPSA) is 68.0 Å². The van der Waals surface area contributed by atoms with Gasteiger partial charge in [-0.1, -0.05) is 24.2 Å². The van der Waals surface area contributed by atoms with Gasteiger partial charge >= 0.3 is 0 Å². The number of nitrogens with zero attached hydrogens (tertiary/aromatic N) is 2. The average Bonchev–Trinajstić information content (AvgIpc) is 2.85. The van der Waals surface area contributed by atoms with E-state index < -0.39 is 11.7 Å². The van der Waals surface area contributed by atoms with Crippen LogP contribution in [0.25, 0.3) is 0 Å². The molecule has 0 unspecified atom stereocenters. The predicted octanol–water partition coefficient (Wildman–Crippen LogP) is 2.09. The zero-order chi connectivity index (χ0) is 13.7. The highest BCUT2D eigenvalue weighted by Crippen LogP contribution is 2.06. The number of hydrogen-bond acceptors (Lipinski definition) is 4. The van der Waals surface area contributed by atoms with Crippen molar-refractivity contribution in [1.29, 1.82) is 0 Å². The first-order chi connectivity index (χ1) is 9.20. The van der Waals surface area contributed by atoms with Crippen LogP contribution >= 0.6 is 0 Å². The molecule has 0 radical (unpaired) electrons. The fourth-order valence-corrected chi connectivity index (χ4v) is 1.58. The van der Waals surface area contributed by atoms with E-state index in [1.54, 1.807) is 6.07 Å². The third kappa shape index (κ3) is 3.37. The van der Waals surface area contributed by atoms with E-state index in [1.165, 1.54) is 18.2 Å². The zero-order valence-electron chi connectivity index (χ0n) is 10.5. The van der Waals surface area contributed by atoms with Gasteiger partial charge in [0.1, 0.15) is 5.82 Å². The highest BCUT2D eigenvalue weighted by Gasteiger charge is 2.12. The second kappa shape index (κ2) is 6.08. The van der Waals surface area contributed by atoms with Crippen LogP contribution in [0.3, 0.4) is 0 Å². The van der Waals surface area contributed by atoms with Gasteiger partial charge in [0.2, 0.25) is 5.89 Å². The third-order valence-electron chi connectivity index (χ3n) is 2.50. The van der Waals surface area contributed by atoms with Gasteiger partial charge in [0.15, 0.2) is 5.82 Å². The van der Waals surface area contributed by atoms with Crippen LogP contribution in [0.15, 0.2) is 28.8 Å². The number of carbonyl (C=O) groups is 1. The first-order valence-corrected chi connectivity index (χ1v) is 6.05. The third-order valence-corrected chi connectivity index (χ3v) is 2.50. The second-order valence-electron chi connectivity index (χ2n) is 4.02. The lowest BCUT2D eigenvalue weighted by molar-refractivity contribution is 0.0945. The Morgan fingerprint density at radius 2 is 2.21 bits per heavy atom. The summed E-state index contributed by atoms with van der Waals surface area (Å²) in [4.78, 5) is 15.8. The molecule has 1 amide bonds. The number of rotatable bonds is 5. The quantitative estimate of drug-likeness (QED) is 0.896. The lowest BCUT2D eigenvalue weighted by Crippen LogP contribution is -2.24. The highest BCUT2D eigenvalue weighted by atomic mass is 19.1. The molecule has 1 N–H and O–H groups in total. The number of halogens is 1. The summed E-state index contributed by atoms with van der Waals surface area (Å²) in [5.74, 6) is -0.134. The number of nitrogens with one attached hydrogen (secondary N) is 1. The maximum atomic E-state index is 13.4. The summed E-state index contributed by atoms with van der Waals surface area (Å²) in [5, 5.41) is 6.28. The number of benzene rings is 1. The van der Waals surface area contributed by atoms with Crippen molar-refractivity contribution in [3.8, 4) is 0 Å². The Balaban J connectivity index is 1.95. The molecule has 0 fully saturated rings. The molecule has 0 aliphatic heterocycles. The van der Waals surface area contributed by atoms with E-state index >= 15 is 0 Å². The lowest BCUT2D eigenvalue weighted by atomic mass is 10.2. The number of amides is 1. The van der Waals surface area contributed by atoms with Gasteiger partial charge in [-0.05, 0) is 18.6 Å². The van der Waals surface area contributed by atoms with Crippen molar-refractivity contribution in [1.82, 2.24) is 15.5 Å². The molecule has 1 heterocycles. The molecule has 5 nitrogen and oxygen atoms in total. The van der Waals surface area contributed by atoms with Gasteiger partial charge in [0.05, 0.1) is 12.1 Å². The molecule has 1 aromatic carbocycles. The minimum atomic E-state index is -0.556. The Morgan fingerprint density at radius 1 is 1.42 bits per heavy atom. The van der Waals surface area contributed by atoms with E-state index in [-0.39, 0.29) is 12.1 Å². The van der Waals surface area contributed by atoms with Crippen molar-refractivity contribution in [2.45, 2.75) is 26.3 Å². The molecule has 0 aliphatic rings. The van der Waals surface area contributed by atoms with Crippen LogP contribution in [0.1, 0.15) is 35.4 Å². The summed E-state index contributed by atoms with van der Waals surface area (Å²) in [5.41, 5.74) is -0.000207. The van der Waals surface area contributed by atoms with E-state index in [1.807, 2.05) is 6.92 Å². The van der Waals surface area contributed by atoms with Crippen molar-refractivity contribution in [2.24, 2.45) is 0 Å². The predicted molar refractivity (Wildman–Crippen MR) is 65.9 cm³/mol. The van der Waals surface area contributed by atoms with Gasteiger partial charge in [0.25, 0.3) is 5.91 Å². The Kier molecular flexibility index (Phi) is 4.22. The van der Waals surface area contributed by atoms with Crippen molar-refractivity contribution < 1.29 is 13.7 Å². The Morgan fingerprint density at radius 3 is 2.95 bits per heavy atom.